The molecule has 102 valence electrons. The van der Waals surface area contributed by atoms with E-state index in [2.05, 4.69) is 5.09 Å². The minimum absolute atomic E-state index is 0.517. The first-order valence-corrected chi connectivity index (χ1v) is 9.52. The van der Waals surface area contributed by atoms with E-state index >= 15 is 0 Å². The third-order valence-corrected chi connectivity index (χ3v) is 5.68. The van der Waals surface area contributed by atoms with Gasteiger partial charge in [0.05, 0.1) is 0 Å². The van der Waals surface area contributed by atoms with Crippen LogP contribution in [0.15, 0.2) is 0 Å². The van der Waals surface area contributed by atoms with Crippen LogP contribution in [0.1, 0.15) is 57.8 Å². The molecular formula is C13H29N2OP. The monoisotopic (exact) mass is 260 g/mol. The lowest BCUT2D eigenvalue weighted by molar-refractivity contribution is 0.412. The Kier molecular flexibility index (Phi) is 7.41. The van der Waals surface area contributed by atoms with E-state index in [-0.39, 0.29) is 0 Å². The molecule has 0 bridgehead atoms. The Bertz CT molecular complexity index is 240. The van der Waals surface area contributed by atoms with Crippen molar-refractivity contribution in [3.05, 3.63) is 0 Å². The minimum Gasteiger partial charge on any atom is -0.330 e. The van der Waals surface area contributed by atoms with Crippen LogP contribution in [0.2, 0.25) is 0 Å². The zero-order valence-electron chi connectivity index (χ0n) is 11.3. The molecule has 0 aromatic rings. The third kappa shape index (κ3) is 7.23. The number of hydrogen-bond donors (Lipinski definition) is 2. The molecule has 0 amide bonds. The van der Waals surface area contributed by atoms with Gasteiger partial charge in [0.25, 0.3) is 0 Å². The van der Waals surface area contributed by atoms with E-state index in [9.17, 15) is 4.57 Å². The van der Waals surface area contributed by atoms with Crippen LogP contribution in [-0.4, -0.2) is 25.4 Å². The molecule has 0 aromatic heterocycles. The first-order chi connectivity index (χ1) is 8.14. The van der Waals surface area contributed by atoms with Crippen molar-refractivity contribution in [3.8, 4) is 0 Å². The van der Waals surface area contributed by atoms with Crippen molar-refractivity contribution in [2.24, 2.45) is 5.73 Å². The summed E-state index contributed by atoms with van der Waals surface area (Å²) in [4.78, 5) is 0. The van der Waals surface area contributed by atoms with Gasteiger partial charge >= 0.3 is 0 Å². The Morgan fingerprint density at radius 1 is 1.12 bits per heavy atom. The SMILES string of the molecule is CP(=O)(CCCCCCN)NC1CCCCC1. The average molecular weight is 260 g/mol. The molecule has 3 nitrogen and oxygen atoms in total. The normalized spacial score (nSPS) is 21.3. The molecule has 0 radical (unpaired) electrons. The molecule has 0 spiro atoms. The number of rotatable bonds is 8. The minimum atomic E-state index is -2.09. The molecule has 17 heavy (non-hydrogen) atoms. The molecule has 1 fully saturated rings. The number of hydrogen-bond acceptors (Lipinski definition) is 2. The summed E-state index contributed by atoms with van der Waals surface area (Å²) in [5, 5.41) is 3.42. The second-order valence-corrected chi connectivity index (χ2v) is 8.40. The van der Waals surface area contributed by atoms with Crippen LogP contribution >= 0.6 is 7.29 Å². The van der Waals surface area contributed by atoms with E-state index in [1.807, 2.05) is 6.66 Å². The van der Waals surface area contributed by atoms with Crippen LogP contribution in [-0.2, 0) is 4.57 Å². The number of nitrogens with two attached hydrogens (primary N) is 1. The molecular weight excluding hydrogens is 231 g/mol. The van der Waals surface area contributed by atoms with Gasteiger partial charge in [-0.2, -0.15) is 0 Å². The van der Waals surface area contributed by atoms with Gasteiger partial charge in [-0.3, -0.25) is 5.09 Å². The highest BCUT2D eigenvalue weighted by molar-refractivity contribution is 7.61. The molecule has 1 aliphatic carbocycles. The van der Waals surface area contributed by atoms with Crippen molar-refractivity contribution in [3.63, 3.8) is 0 Å². The summed E-state index contributed by atoms with van der Waals surface area (Å²) in [5.41, 5.74) is 5.45. The topological polar surface area (TPSA) is 55.1 Å². The van der Waals surface area contributed by atoms with Crippen molar-refractivity contribution in [1.82, 2.24) is 5.09 Å². The summed E-state index contributed by atoms with van der Waals surface area (Å²) in [6, 6.07) is 0.517. The van der Waals surface area contributed by atoms with E-state index in [0.29, 0.717) is 6.04 Å². The standard InChI is InChI=1S/C13H29N2OP/c1-17(16,12-8-3-2-7-11-14)15-13-9-5-4-6-10-13/h13H,2-12,14H2,1H3,(H,15,16). The summed E-state index contributed by atoms with van der Waals surface area (Å²) in [5.74, 6) is 0. The lowest BCUT2D eigenvalue weighted by Gasteiger charge is -2.26. The molecule has 1 aliphatic rings. The van der Waals surface area contributed by atoms with Gasteiger partial charge in [0.15, 0.2) is 0 Å². The largest absolute Gasteiger partial charge is 0.330 e. The fourth-order valence-electron chi connectivity index (χ4n) is 2.59. The summed E-state index contributed by atoms with van der Waals surface area (Å²) in [6.07, 6.45) is 11.8. The van der Waals surface area contributed by atoms with Crippen molar-refractivity contribution in [1.29, 1.82) is 0 Å². The van der Waals surface area contributed by atoms with E-state index in [1.165, 1.54) is 44.9 Å². The van der Waals surface area contributed by atoms with Crippen LogP contribution in [0.25, 0.3) is 0 Å². The highest BCUT2D eigenvalue weighted by atomic mass is 31.2. The van der Waals surface area contributed by atoms with Gasteiger partial charge in [-0.05, 0) is 32.2 Å². The smallest absolute Gasteiger partial charge is 0.145 e. The summed E-state index contributed by atoms with van der Waals surface area (Å²) < 4.78 is 12.4. The second-order valence-electron chi connectivity index (χ2n) is 5.49. The highest BCUT2D eigenvalue weighted by Crippen LogP contribution is 2.39. The Labute approximate surface area is 106 Å². The van der Waals surface area contributed by atoms with Crippen LogP contribution < -0.4 is 10.8 Å². The van der Waals surface area contributed by atoms with Gasteiger partial charge < -0.3 is 10.3 Å². The summed E-state index contributed by atoms with van der Waals surface area (Å²) in [7, 11) is -2.09. The predicted octanol–water partition coefficient (Wildman–Crippen LogP) is 3.34. The molecule has 0 aromatic carbocycles. The predicted molar refractivity (Wildman–Crippen MR) is 75.9 cm³/mol. The van der Waals surface area contributed by atoms with Gasteiger partial charge in [0, 0.05) is 18.9 Å². The quantitative estimate of drug-likeness (QED) is 0.520. The fraction of sp³-hybridized carbons (Fsp3) is 1.00. The van der Waals surface area contributed by atoms with Gasteiger partial charge in [0.2, 0.25) is 0 Å². The Morgan fingerprint density at radius 3 is 2.41 bits per heavy atom. The van der Waals surface area contributed by atoms with Gasteiger partial charge in [-0.15, -0.1) is 0 Å². The van der Waals surface area contributed by atoms with E-state index in [1.54, 1.807) is 0 Å². The third-order valence-electron chi connectivity index (χ3n) is 3.60. The first-order valence-electron chi connectivity index (χ1n) is 7.18. The lowest BCUT2D eigenvalue weighted by atomic mass is 9.96. The summed E-state index contributed by atoms with van der Waals surface area (Å²) >= 11 is 0. The van der Waals surface area contributed by atoms with Gasteiger partial charge in [0.1, 0.15) is 7.29 Å². The molecule has 1 unspecified atom stereocenters. The van der Waals surface area contributed by atoms with Gasteiger partial charge in [-0.25, -0.2) is 0 Å². The first kappa shape index (κ1) is 15.2. The van der Waals surface area contributed by atoms with Crippen molar-refractivity contribution >= 4 is 7.29 Å². The zero-order chi connectivity index (χ0) is 12.6. The molecule has 4 heteroatoms. The maximum absolute atomic E-state index is 12.4. The molecule has 0 saturated heterocycles. The maximum Gasteiger partial charge on any atom is 0.145 e. The maximum atomic E-state index is 12.4. The Morgan fingerprint density at radius 2 is 1.76 bits per heavy atom. The highest BCUT2D eigenvalue weighted by Gasteiger charge is 2.21. The second kappa shape index (κ2) is 8.29. The molecule has 0 heterocycles. The molecule has 1 rings (SSSR count). The Balaban J connectivity index is 2.13. The van der Waals surface area contributed by atoms with Crippen LogP contribution in [0, 0.1) is 0 Å². The van der Waals surface area contributed by atoms with Crippen molar-refractivity contribution in [2.45, 2.75) is 63.8 Å². The molecule has 0 aliphatic heterocycles. The van der Waals surface area contributed by atoms with E-state index < -0.39 is 7.29 Å². The lowest BCUT2D eigenvalue weighted by Crippen LogP contribution is -2.29. The number of nitrogens with one attached hydrogen (secondary N) is 1. The van der Waals surface area contributed by atoms with Crippen LogP contribution in [0.5, 0.6) is 0 Å². The summed E-state index contributed by atoms with van der Waals surface area (Å²) in [6.45, 7) is 2.70. The van der Waals surface area contributed by atoms with Gasteiger partial charge in [-0.1, -0.05) is 32.1 Å². The molecule has 1 atom stereocenters. The fourth-order valence-corrected chi connectivity index (χ4v) is 4.58. The van der Waals surface area contributed by atoms with Crippen molar-refractivity contribution < 1.29 is 4.57 Å². The van der Waals surface area contributed by atoms with E-state index in [0.717, 1.165) is 25.5 Å². The van der Waals surface area contributed by atoms with Crippen LogP contribution in [0.4, 0.5) is 0 Å². The van der Waals surface area contributed by atoms with Crippen molar-refractivity contribution in [2.75, 3.05) is 19.4 Å². The Hall–Kier alpha value is 0.150. The molecule has 1 saturated carbocycles. The molecule has 3 N–H and O–H groups in total. The van der Waals surface area contributed by atoms with E-state index in [4.69, 9.17) is 5.73 Å². The average Bonchev–Trinajstić information content (AvgIpc) is 2.29. The zero-order valence-corrected chi connectivity index (χ0v) is 12.2. The van der Waals surface area contributed by atoms with Crippen LogP contribution in [0.3, 0.4) is 0 Å². The number of unbranched alkanes of at least 4 members (excludes halogenated alkanes) is 3.